The van der Waals surface area contributed by atoms with E-state index >= 15 is 0 Å². The fraction of sp³-hybridized carbons (Fsp3) is 0.455. The lowest BCUT2D eigenvalue weighted by Crippen LogP contribution is -2.43. The second kappa shape index (κ2) is 9.21. The average molecular weight is 478 g/mol. The normalized spacial score (nSPS) is 15.9. The Balaban J connectivity index is 1.44. The number of aryl methyl sites for hydroxylation is 1. The highest BCUT2D eigenvalue weighted by atomic mass is 32.2. The Labute approximate surface area is 191 Å². The van der Waals surface area contributed by atoms with Gasteiger partial charge in [-0.2, -0.15) is 4.31 Å². The summed E-state index contributed by atoms with van der Waals surface area (Å²) in [6.07, 6.45) is 3.36. The van der Waals surface area contributed by atoms with E-state index in [9.17, 15) is 18.0 Å². The highest BCUT2D eigenvalue weighted by molar-refractivity contribution is 7.89. The first-order chi connectivity index (χ1) is 15.3. The van der Waals surface area contributed by atoms with E-state index in [1.165, 1.54) is 4.31 Å². The third-order valence-electron chi connectivity index (χ3n) is 5.88. The fourth-order valence-corrected chi connectivity index (χ4v) is 6.69. The lowest BCUT2D eigenvalue weighted by molar-refractivity contribution is -0.136. The van der Waals surface area contributed by atoms with Gasteiger partial charge in [0.15, 0.2) is 0 Å². The van der Waals surface area contributed by atoms with Gasteiger partial charge in [-0.15, -0.1) is 0 Å². The van der Waals surface area contributed by atoms with Crippen molar-refractivity contribution in [2.75, 3.05) is 20.1 Å². The number of hydrogen-bond donors (Lipinski definition) is 0. The summed E-state index contributed by atoms with van der Waals surface area (Å²) < 4.78 is 35.5. The molecular formula is C22H27N3O5S2. The quantitative estimate of drug-likeness (QED) is 0.521. The van der Waals surface area contributed by atoms with Gasteiger partial charge in [-0.1, -0.05) is 18.3 Å². The van der Waals surface area contributed by atoms with Crippen LogP contribution in [0.25, 0.3) is 10.2 Å². The molecule has 0 N–H and O–H groups in total. The standard InChI is InChI=1S/C22H27N3O5S2/c1-3-10-25-19-7-6-18(14-20(19)31-22(25)27)32(28,29)24-11-8-16(9-12-24)21(26)23(2)15-17-5-4-13-30-17/h4-7,13-14,16H,3,8-12,15H2,1-2H3. The topological polar surface area (TPSA) is 92.8 Å². The SMILES string of the molecule is CCCn1c(=O)sc2cc(S(=O)(=O)N3CCC(C(=O)N(C)Cc4ccco4)CC3)ccc21. The van der Waals surface area contributed by atoms with Gasteiger partial charge in [-0.05, 0) is 49.6 Å². The lowest BCUT2D eigenvalue weighted by Gasteiger charge is -2.32. The van der Waals surface area contributed by atoms with Gasteiger partial charge < -0.3 is 9.32 Å². The van der Waals surface area contributed by atoms with E-state index in [1.54, 1.807) is 47.0 Å². The zero-order valence-corrected chi connectivity index (χ0v) is 19.8. The van der Waals surface area contributed by atoms with E-state index in [1.807, 2.05) is 13.0 Å². The van der Waals surface area contributed by atoms with Gasteiger partial charge in [-0.3, -0.25) is 14.2 Å². The van der Waals surface area contributed by atoms with Crippen LogP contribution in [0.1, 0.15) is 31.9 Å². The fourth-order valence-electron chi connectivity index (χ4n) is 4.16. The molecular weight excluding hydrogens is 450 g/mol. The molecule has 1 aliphatic heterocycles. The van der Waals surface area contributed by atoms with Crippen molar-refractivity contribution in [3.05, 3.63) is 52.0 Å². The van der Waals surface area contributed by atoms with Crippen LogP contribution in [-0.2, 0) is 27.9 Å². The maximum atomic E-state index is 13.2. The van der Waals surface area contributed by atoms with Crippen LogP contribution >= 0.6 is 11.3 Å². The van der Waals surface area contributed by atoms with E-state index in [4.69, 9.17) is 4.42 Å². The van der Waals surface area contributed by atoms with Crippen LogP contribution in [0.15, 0.2) is 50.7 Å². The molecule has 10 heteroatoms. The molecule has 3 heterocycles. The van der Waals surface area contributed by atoms with Gasteiger partial charge in [0.25, 0.3) is 0 Å². The Morgan fingerprint density at radius 3 is 2.66 bits per heavy atom. The molecule has 0 spiro atoms. The maximum Gasteiger partial charge on any atom is 0.308 e. The zero-order chi connectivity index (χ0) is 22.9. The minimum Gasteiger partial charge on any atom is -0.467 e. The summed E-state index contributed by atoms with van der Waals surface area (Å²) in [5.74, 6) is 0.505. The van der Waals surface area contributed by atoms with E-state index in [2.05, 4.69) is 0 Å². The molecule has 32 heavy (non-hydrogen) atoms. The molecule has 0 radical (unpaired) electrons. The van der Waals surface area contributed by atoms with E-state index in [0.717, 1.165) is 23.3 Å². The molecule has 172 valence electrons. The van der Waals surface area contributed by atoms with Crippen molar-refractivity contribution in [1.82, 2.24) is 13.8 Å². The number of carbonyl (C=O) groups is 1. The van der Waals surface area contributed by atoms with Crippen LogP contribution in [0, 0.1) is 5.92 Å². The van der Waals surface area contributed by atoms with Gasteiger partial charge >= 0.3 is 4.87 Å². The molecule has 0 bridgehead atoms. The summed E-state index contributed by atoms with van der Waals surface area (Å²) in [6.45, 7) is 3.58. The lowest BCUT2D eigenvalue weighted by atomic mass is 9.96. The van der Waals surface area contributed by atoms with Crippen LogP contribution in [0.4, 0.5) is 0 Å². The zero-order valence-electron chi connectivity index (χ0n) is 18.2. The van der Waals surface area contributed by atoms with Crippen LogP contribution in [0.5, 0.6) is 0 Å². The Kier molecular flexibility index (Phi) is 6.55. The Bertz CT molecular complexity index is 1250. The number of thiazole rings is 1. The first-order valence-corrected chi connectivity index (χ1v) is 13.0. The predicted molar refractivity (Wildman–Crippen MR) is 123 cm³/mol. The third kappa shape index (κ3) is 4.39. The molecule has 1 amide bonds. The molecule has 1 aliphatic rings. The number of hydrogen-bond acceptors (Lipinski definition) is 6. The van der Waals surface area contributed by atoms with Crippen LogP contribution in [0.2, 0.25) is 0 Å². The molecule has 0 atom stereocenters. The molecule has 0 aliphatic carbocycles. The number of carbonyl (C=O) groups excluding carboxylic acids is 1. The molecule has 8 nitrogen and oxygen atoms in total. The molecule has 4 rings (SSSR count). The molecule has 2 aromatic heterocycles. The number of sulfonamides is 1. The predicted octanol–water partition coefficient (Wildman–Crippen LogP) is 3.13. The summed E-state index contributed by atoms with van der Waals surface area (Å²) in [5.41, 5.74) is 0.768. The van der Waals surface area contributed by atoms with E-state index in [0.29, 0.717) is 49.5 Å². The van der Waals surface area contributed by atoms with Crippen molar-refractivity contribution in [3.63, 3.8) is 0 Å². The van der Waals surface area contributed by atoms with Crippen molar-refractivity contribution < 1.29 is 17.6 Å². The van der Waals surface area contributed by atoms with Crippen LogP contribution in [-0.4, -0.2) is 48.2 Å². The molecule has 0 unspecified atom stereocenters. The third-order valence-corrected chi connectivity index (χ3v) is 8.71. The number of rotatable bonds is 7. The van der Waals surface area contributed by atoms with Crippen molar-refractivity contribution >= 4 is 37.5 Å². The van der Waals surface area contributed by atoms with Gasteiger partial charge in [-0.25, -0.2) is 8.42 Å². The molecule has 3 aromatic rings. The van der Waals surface area contributed by atoms with Gasteiger partial charge in [0, 0.05) is 32.6 Å². The van der Waals surface area contributed by atoms with E-state index in [-0.39, 0.29) is 21.6 Å². The summed E-state index contributed by atoms with van der Waals surface area (Å²) in [7, 11) is -1.96. The Morgan fingerprint density at radius 2 is 2.00 bits per heavy atom. The van der Waals surface area contributed by atoms with Crippen molar-refractivity contribution in [1.29, 1.82) is 0 Å². The molecule has 1 aromatic carbocycles. The highest BCUT2D eigenvalue weighted by Gasteiger charge is 2.33. The van der Waals surface area contributed by atoms with Gasteiger partial charge in [0.1, 0.15) is 5.76 Å². The number of fused-ring (bicyclic) bond motifs is 1. The second-order valence-corrected chi connectivity index (χ2v) is 11.0. The Morgan fingerprint density at radius 1 is 1.25 bits per heavy atom. The van der Waals surface area contributed by atoms with Crippen molar-refractivity contribution in [2.24, 2.45) is 5.92 Å². The summed E-state index contributed by atoms with van der Waals surface area (Å²) >= 11 is 1.07. The second-order valence-electron chi connectivity index (χ2n) is 8.10. The number of aromatic nitrogens is 1. The minimum absolute atomic E-state index is 0.00177. The smallest absolute Gasteiger partial charge is 0.308 e. The monoisotopic (exact) mass is 477 g/mol. The molecule has 0 saturated carbocycles. The minimum atomic E-state index is -3.69. The number of nitrogens with zero attached hydrogens (tertiary/aromatic N) is 3. The number of amides is 1. The van der Waals surface area contributed by atoms with Gasteiger partial charge in [0.2, 0.25) is 15.9 Å². The number of piperidine rings is 1. The first kappa shape index (κ1) is 22.8. The average Bonchev–Trinajstić information content (AvgIpc) is 3.40. The Hall–Kier alpha value is -2.43. The van der Waals surface area contributed by atoms with Crippen LogP contribution < -0.4 is 4.87 Å². The van der Waals surface area contributed by atoms with Crippen molar-refractivity contribution in [3.8, 4) is 0 Å². The maximum absolute atomic E-state index is 13.2. The summed E-state index contributed by atoms with van der Waals surface area (Å²) in [6, 6.07) is 8.49. The molecule has 1 fully saturated rings. The van der Waals surface area contributed by atoms with E-state index < -0.39 is 10.0 Å². The van der Waals surface area contributed by atoms with Crippen LogP contribution in [0.3, 0.4) is 0 Å². The number of furan rings is 1. The summed E-state index contributed by atoms with van der Waals surface area (Å²) in [5, 5.41) is 0. The van der Waals surface area contributed by atoms with Crippen molar-refractivity contribution in [2.45, 2.75) is 44.2 Å². The summed E-state index contributed by atoms with van der Waals surface area (Å²) in [4.78, 5) is 26.7. The first-order valence-electron chi connectivity index (χ1n) is 10.7. The largest absolute Gasteiger partial charge is 0.467 e. The van der Waals surface area contributed by atoms with Gasteiger partial charge in [0.05, 0.1) is 27.9 Å². The molecule has 1 saturated heterocycles. The highest BCUT2D eigenvalue weighted by Crippen LogP contribution is 2.28. The number of benzene rings is 1.